The zero-order valence-electron chi connectivity index (χ0n) is 13.1. The number of amides is 2. The van der Waals surface area contributed by atoms with Gasteiger partial charge in [-0.2, -0.15) is 0 Å². The van der Waals surface area contributed by atoms with E-state index in [9.17, 15) is 4.79 Å². The quantitative estimate of drug-likeness (QED) is 0.921. The van der Waals surface area contributed by atoms with Crippen LogP contribution in [0.1, 0.15) is 12.0 Å². The SMILES string of the molecule is Cc1ccnc(NC(=O)N2CC[C@@H](CN3CCOCC3)C2)c1. The number of carbonyl (C=O) groups excluding carboxylic acids is 1. The molecule has 2 aliphatic rings. The maximum atomic E-state index is 12.3. The highest BCUT2D eigenvalue weighted by molar-refractivity contribution is 5.88. The number of aryl methyl sites for hydroxylation is 1. The monoisotopic (exact) mass is 304 g/mol. The number of rotatable bonds is 3. The third kappa shape index (κ3) is 3.96. The lowest BCUT2D eigenvalue weighted by atomic mass is 10.1. The molecule has 3 rings (SSSR count). The normalized spacial score (nSPS) is 22.8. The smallest absolute Gasteiger partial charge is 0.323 e. The molecule has 0 aromatic carbocycles. The lowest BCUT2D eigenvalue weighted by Gasteiger charge is -2.29. The van der Waals surface area contributed by atoms with Crippen molar-refractivity contribution in [3.63, 3.8) is 0 Å². The first-order valence-corrected chi connectivity index (χ1v) is 7.99. The molecule has 3 heterocycles. The Morgan fingerprint density at radius 3 is 3.00 bits per heavy atom. The van der Waals surface area contributed by atoms with Crippen molar-refractivity contribution >= 4 is 11.8 Å². The number of aromatic nitrogens is 1. The van der Waals surface area contributed by atoms with Crippen LogP contribution in [0.2, 0.25) is 0 Å². The van der Waals surface area contributed by atoms with Crippen LogP contribution in [0.15, 0.2) is 18.3 Å². The molecule has 2 fully saturated rings. The number of nitrogens with zero attached hydrogens (tertiary/aromatic N) is 3. The summed E-state index contributed by atoms with van der Waals surface area (Å²) in [6.07, 6.45) is 2.79. The first kappa shape index (κ1) is 15.2. The van der Waals surface area contributed by atoms with Crippen LogP contribution >= 0.6 is 0 Å². The summed E-state index contributed by atoms with van der Waals surface area (Å²) in [6.45, 7) is 8.39. The molecule has 0 aliphatic carbocycles. The zero-order valence-corrected chi connectivity index (χ0v) is 13.1. The zero-order chi connectivity index (χ0) is 15.4. The van der Waals surface area contributed by atoms with E-state index in [1.54, 1.807) is 6.20 Å². The van der Waals surface area contributed by atoms with Gasteiger partial charge in [-0.1, -0.05) is 0 Å². The van der Waals surface area contributed by atoms with E-state index in [0.29, 0.717) is 11.7 Å². The van der Waals surface area contributed by atoms with Crippen molar-refractivity contribution in [3.8, 4) is 0 Å². The molecule has 1 N–H and O–H groups in total. The van der Waals surface area contributed by atoms with Crippen LogP contribution in [0.3, 0.4) is 0 Å². The Kier molecular flexibility index (Phi) is 4.90. The molecule has 1 atom stereocenters. The minimum Gasteiger partial charge on any atom is -0.379 e. The number of likely N-dealkylation sites (tertiary alicyclic amines) is 1. The fourth-order valence-corrected chi connectivity index (χ4v) is 3.11. The second kappa shape index (κ2) is 7.07. The van der Waals surface area contributed by atoms with E-state index in [1.807, 2.05) is 24.0 Å². The van der Waals surface area contributed by atoms with E-state index >= 15 is 0 Å². The number of morpholine rings is 1. The van der Waals surface area contributed by atoms with Gasteiger partial charge in [-0.3, -0.25) is 10.2 Å². The Balaban J connectivity index is 1.48. The van der Waals surface area contributed by atoms with Gasteiger partial charge in [0.1, 0.15) is 5.82 Å². The lowest BCUT2D eigenvalue weighted by molar-refractivity contribution is 0.0314. The van der Waals surface area contributed by atoms with Crippen LogP contribution in [-0.2, 0) is 4.74 Å². The molecule has 2 aliphatic heterocycles. The van der Waals surface area contributed by atoms with Gasteiger partial charge < -0.3 is 9.64 Å². The van der Waals surface area contributed by atoms with Crippen molar-refractivity contribution in [2.75, 3.05) is 51.3 Å². The molecular formula is C16H24N4O2. The van der Waals surface area contributed by atoms with Crippen LogP contribution < -0.4 is 5.32 Å². The highest BCUT2D eigenvalue weighted by Crippen LogP contribution is 2.19. The number of nitrogens with one attached hydrogen (secondary N) is 1. The van der Waals surface area contributed by atoms with Gasteiger partial charge in [-0.05, 0) is 37.0 Å². The molecule has 120 valence electrons. The van der Waals surface area contributed by atoms with Crippen molar-refractivity contribution in [3.05, 3.63) is 23.9 Å². The molecule has 22 heavy (non-hydrogen) atoms. The molecular weight excluding hydrogens is 280 g/mol. The number of urea groups is 1. The molecule has 0 spiro atoms. The molecule has 6 nitrogen and oxygen atoms in total. The number of ether oxygens (including phenoxy) is 1. The second-order valence-corrected chi connectivity index (χ2v) is 6.16. The number of anilines is 1. The average Bonchev–Trinajstić information content (AvgIpc) is 2.97. The highest BCUT2D eigenvalue weighted by atomic mass is 16.5. The number of carbonyl (C=O) groups is 1. The highest BCUT2D eigenvalue weighted by Gasteiger charge is 2.28. The van der Waals surface area contributed by atoms with Gasteiger partial charge in [0.15, 0.2) is 0 Å². The van der Waals surface area contributed by atoms with Gasteiger partial charge in [0.25, 0.3) is 0 Å². The summed E-state index contributed by atoms with van der Waals surface area (Å²) in [6, 6.07) is 3.77. The van der Waals surface area contributed by atoms with Gasteiger partial charge in [-0.15, -0.1) is 0 Å². The van der Waals surface area contributed by atoms with Crippen molar-refractivity contribution in [1.29, 1.82) is 0 Å². The summed E-state index contributed by atoms with van der Waals surface area (Å²) in [7, 11) is 0. The molecule has 2 saturated heterocycles. The van der Waals surface area contributed by atoms with E-state index < -0.39 is 0 Å². The summed E-state index contributed by atoms with van der Waals surface area (Å²) >= 11 is 0. The summed E-state index contributed by atoms with van der Waals surface area (Å²) in [5.41, 5.74) is 1.09. The molecule has 0 bridgehead atoms. The number of pyridine rings is 1. The van der Waals surface area contributed by atoms with Crippen LogP contribution in [0, 0.1) is 12.8 Å². The topological polar surface area (TPSA) is 57.7 Å². The minimum absolute atomic E-state index is 0.0393. The summed E-state index contributed by atoms with van der Waals surface area (Å²) in [4.78, 5) is 20.8. The first-order valence-electron chi connectivity index (χ1n) is 7.99. The number of hydrogen-bond acceptors (Lipinski definition) is 4. The third-order valence-corrected chi connectivity index (χ3v) is 4.34. The van der Waals surface area contributed by atoms with Crippen LogP contribution in [0.25, 0.3) is 0 Å². The second-order valence-electron chi connectivity index (χ2n) is 6.16. The molecule has 1 aromatic heterocycles. The first-order chi connectivity index (χ1) is 10.7. The standard InChI is InChI=1S/C16H24N4O2/c1-13-2-4-17-15(10-13)18-16(21)20-5-3-14(12-20)11-19-6-8-22-9-7-19/h2,4,10,14H,3,5-9,11-12H2,1H3,(H,17,18,21)/t14-/m0/s1. The van der Waals surface area contributed by atoms with Crippen molar-refractivity contribution in [2.24, 2.45) is 5.92 Å². The molecule has 2 amide bonds. The predicted molar refractivity (Wildman–Crippen MR) is 84.9 cm³/mol. The Morgan fingerprint density at radius 1 is 1.41 bits per heavy atom. The van der Waals surface area contributed by atoms with E-state index in [-0.39, 0.29) is 6.03 Å². The molecule has 6 heteroatoms. The van der Waals surface area contributed by atoms with Crippen molar-refractivity contribution in [2.45, 2.75) is 13.3 Å². The van der Waals surface area contributed by atoms with Crippen LogP contribution in [0.4, 0.5) is 10.6 Å². The van der Waals surface area contributed by atoms with E-state index in [4.69, 9.17) is 4.74 Å². The van der Waals surface area contributed by atoms with Gasteiger partial charge in [0, 0.05) is 38.9 Å². The average molecular weight is 304 g/mol. The summed E-state index contributed by atoms with van der Waals surface area (Å²) in [5.74, 6) is 1.19. The van der Waals surface area contributed by atoms with Gasteiger partial charge >= 0.3 is 6.03 Å². The van der Waals surface area contributed by atoms with E-state index in [1.165, 1.54) is 0 Å². The molecule has 0 radical (unpaired) electrons. The molecule has 1 aromatic rings. The minimum atomic E-state index is -0.0393. The van der Waals surface area contributed by atoms with E-state index in [0.717, 1.165) is 57.9 Å². The summed E-state index contributed by atoms with van der Waals surface area (Å²) in [5, 5.41) is 2.89. The third-order valence-electron chi connectivity index (χ3n) is 4.34. The Labute approximate surface area is 131 Å². The Hall–Kier alpha value is -1.66. The maximum absolute atomic E-state index is 12.3. The van der Waals surface area contributed by atoms with Gasteiger partial charge in [-0.25, -0.2) is 9.78 Å². The van der Waals surface area contributed by atoms with Crippen molar-refractivity contribution < 1.29 is 9.53 Å². The Bertz CT molecular complexity index is 517. The maximum Gasteiger partial charge on any atom is 0.323 e. The fraction of sp³-hybridized carbons (Fsp3) is 0.625. The lowest BCUT2D eigenvalue weighted by Crippen LogP contribution is -2.40. The van der Waals surface area contributed by atoms with Crippen molar-refractivity contribution in [1.82, 2.24) is 14.8 Å². The van der Waals surface area contributed by atoms with Crippen LogP contribution in [-0.4, -0.2) is 66.8 Å². The van der Waals surface area contributed by atoms with E-state index in [2.05, 4.69) is 15.2 Å². The fourth-order valence-electron chi connectivity index (χ4n) is 3.11. The molecule has 0 saturated carbocycles. The molecule has 0 unspecified atom stereocenters. The van der Waals surface area contributed by atoms with Crippen LogP contribution in [0.5, 0.6) is 0 Å². The Morgan fingerprint density at radius 2 is 2.23 bits per heavy atom. The van der Waals surface area contributed by atoms with Gasteiger partial charge in [0.2, 0.25) is 0 Å². The van der Waals surface area contributed by atoms with Gasteiger partial charge in [0.05, 0.1) is 13.2 Å². The largest absolute Gasteiger partial charge is 0.379 e. The summed E-state index contributed by atoms with van der Waals surface area (Å²) < 4.78 is 5.38. The predicted octanol–water partition coefficient (Wildman–Crippen LogP) is 1.58. The number of hydrogen-bond donors (Lipinski definition) is 1.